The second-order valence-corrected chi connectivity index (χ2v) is 3.84. The Balaban J connectivity index is 3.07. The molecule has 0 atom stereocenters. The monoisotopic (exact) mass is 205 g/mol. The van der Waals surface area contributed by atoms with Crippen molar-refractivity contribution in [3.05, 3.63) is 37.0 Å². The van der Waals surface area contributed by atoms with E-state index in [0.29, 0.717) is 0 Å². The van der Waals surface area contributed by atoms with E-state index in [0.717, 1.165) is 6.42 Å². The highest BCUT2D eigenvalue weighted by atomic mass is 13.9. The summed E-state index contributed by atoms with van der Waals surface area (Å²) in [6, 6.07) is 0. The first-order valence-corrected chi connectivity index (χ1v) is 6.25. The van der Waals surface area contributed by atoms with Gasteiger partial charge in [0.05, 0.1) is 0 Å². The summed E-state index contributed by atoms with van der Waals surface area (Å²) in [6.45, 7) is 7.48. The highest BCUT2D eigenvalue weighted by Gasteiger charge is 1.85. The highest BCUT2D eigenvalue weighted by Crippen LogP contribution is 2.05. The molecule has 0 spiro atoms. The smallest absolute Gasteiger partial charge is 0.0166 e. The largest absolute Gasteiger partial charge is 0.0885 e. The van der Waals surface area contributed by atoms with Crippen molar-refractivity contribution in [2.45, 2.75) is 58.3 Å². The van der Waals surface area contributed by atoms with Gasteiger partial charge in [0, 0.05) is 0 Å². The Kier molecular flexibility index (Phi) is 12.5. The normalized spacial score (nSPS) is 11.5. The summed E-state index contributed by atoms with van der Waals surface area (Å²) in [5.41, 5.74) is 0. The summed E-state index contributed by atoms with van der Waals surface area (Å²) < 4.78 is 0. The van der Waals surface area contributed by atoms with Crippen LogP contribution >= 0.6 is 0 Å². The van der Waals surface area contributed by atoms with Crippen LogP contribution in [0.1, 0.15) is 58.3 Å². The van der Waals surface area contributed by atoms with E-state index in [-0.39, 0.29) is 0 Å². The van der Waals surface area contributed by atoms with Crippen LogP contribution in [0, 0.1) is 6.58 Å². The van der Waals surface area contributed by atoms with Crippen LogP contribution in [0.15, 0.2) is 30.4 Å². The molecule has 0 aromatic carbocycles. The molecule has 0 N–H and O–H groups in total. The quantitative estimate of drug-likeness (QED) is 0.338. The molecule has 0 rings (SSSR count). The lowest BCUT2D eigenvalue weighted by molar-refractivity contribution is 0.694. The SMILES string of the molecule is [CH]=CCC=CCCCCCC=CCCC. The lowest BCUT2D eigenvalue weighted by Crippen LogP contribution is -1.75. The van der Waals surface area contributed by atoms with Gasteiger partial charge in [0.2, 0.25) is 0 Å². The van der Waals surface area contributed by atoms with Crippen LogP contribution in [0.25, 0.3) is 0 Å². The minimum atomic E-state index is 0.903. The Morgan fingerprint density at radius 3 is 2.00 bits per heavy atom. The zero-order valence-electron chi connectivity index (χ0n) is 10.1. The Morgan fingerprint density at radius 1 is 0.800 bits per heavy atom. The summed E-state index contributed by atoms with van der Waals surface area (Å²) in [7, 11) is 0. The van der Waals surface area contributed by atoms with Crippen molar-refractivity contribution < 1.29 is 0 Å². The van der Waals surface area contributed by atoms with Gasteiger partial charge in [-0.25, -0.2) is 0 Å². The molecule has 0 heterocycles. The Hall–Kier alpha value is -0.780. The van der Waals surface area contributed by atoms with E-state index < -0.39 is 0 Å². The van der Waals surface area contributed by atoms with Crippen LogP contribution in [0.4, 0.5) is 0 Å². The van der Waals surface area contributed by atoms with Crippen molar-refractivity contribution in [2.24, 2.45) is 0 Å². The fraction of sp³-hybridized carbons (Fsp3) is 0.600. The first-order valence-electron chi connectivity index (χ1n) is 6.25. The molecular formula is C15H25. The van der Waals surface area contributed by atoms with Crippen molar-refractivity contribution in [3.63, 3.8) is 0 Å². The Morgan fingerprint density at radius 2 is 1.40 bits per heavy atom. The number of unbranched alkanes of at least 4 members (excludes halogenated alkanes) is 5. The third-order valence-electron chi connectivity index (χ3n) is 2.30. The average Bonchev–Trinajstić information content (AvgIpc) is 2.26. The van der Waals surface area contributed by atoms with E-state index in [1.807, 2.05) is 0 Å². The average molecular weight is 205 g/mol. The molecule has 0 amide bonds. The zero-order valence-corrected chi connectivity index (χ0v) is 10.1. The highest BCUT2D eigenvalue weighted by molar-refractivity contribution is 4.87. The molecule has 0 saturated heterocycles. The third kappa shape index (κ3) is 13.2. The summed E-state index contributed by atoms with van der Waals surface area (Å²) in [6.07, 6.45) is 20.5. The summed E-state index contributed by atoms with van der Waals surface area (Å²) in [5.74, 6) is 0. The van der Waals surface area contributed by atoms with Gasteiger partial charge in [0.15, 0.2) is 0 Å². The first-order chi connectivity index (χ1) is 7.41. The van der Waals surface area contributed by atoms with E-state index >= 15 is 0 Å². The number of rotatable bonds is 10. The fourth-order valence-electron chi connectivity index (χ4n) is 1.40. The van der Waals surface area contributed by atoms with E-state index in [4.69, 9.17) is 6.58 Å². The number of hydrogen-bond donors (Lipinski definition) is 0. The van der Waals surface area contributed by atoms with Gasteiger partial charge in [-0.1, -0.05) is 56.7 Å². The van der Waals surface area contributed by atoms with Gasteiger partial charge >= 0.3 is 0 Å². The van der Waals surface area contributed by atoms with E-state index in [1.165, 1.54) is 44.9 Å². The maximum Gasteiger partial charge on any atom is -0.0166 e. The zero-order chi connectivity index (χ0) is 11.2. The van der Waals surface area contributed by atoms with Gasteiger partial charge in [0.1, 0.15) is 0 Å². The molecular weight excluding hydrogens is 180 g/mol. The summed E-state index contributed by atoms with van der Waals surface area (Å²) in [5, 5.41) is 0. The molecule has 85 valence electrons. The van der Waals surface area contributed by atoms with Crippen LogP contribution in [-0.2, 0) is 0 Å². The van der Waals surface area contributed by atoms with Crippen molar-refractivity contribution in [1.82, 2.24) is 0 Å². The van der Waals surface area contributed by atoms with Gasteiger partial charge in [-0.2, -0.15) is 0 Å². The standard InChI is InChI=1S/C15H25/c1-3-5-7-9-11-13-15-14-12-10-8-6-4-2/h1,3,7-10H,4-6,11-15H2,2H3. The van der Waals surface area contributed by atoms with Gasteiger partial charge < -0.3 is 0 Å². The van der Waals surface area contributed by atoms with Crippen molar-refractivity contribution >= 4 is 0 Å². The predicted octanol–water partition coefficient (Wildman–Crippen LogP) is 5.23. The molecule has 1 radical (unpaired) electrons. The van der Waals surface area contributed by atoms with Crippen LogP contribution in [0.3, 0.4) is 0 Å². The molecule has 0 aliphatic heterocycles. The first kappa shape index (κ1) is 14.2. The predicted molar refractivity (Wildman–Crippen MR) is 69.8 cm³/mol. The topological polar surface area (TPSA) is 0 Å². The van der Waals surface area contributed by atoms with E-state index in [1.54, 1.807) is 6.08 Å². The molecule has 0 aliphatic rings. The molecule has 0 heteroatoms. The lowest BCUT2D eigenvalue weighted by Gasteiger charge is -1.95. The van der Waals surface area contributed by atoms with Gasteiger partial charge in [-0.3, -0.25) is 0 Å². The molecule has 0 aromatic rings. The second kappa shape index (κ2) is 13.2. The maximum atomic E-state index is 5.27. The molecule has 0 aromatic heterocycles. The third-order valence-corrected chi connectivity index (χ3v) is 2.30. The van der Waals surface area contributed by atoms with Crippen molar-refractivity contribution in [2.75, 3.05) is 0 Å². The van der Waals surface area contributed by atoms with E-state index in [9.17, 15) is 0 Å². The fourth-order valence-corrected chi connectivity index (χ4v) is 1.40. The number of allylic oxidation sites excluding steroid dienone is 5. The van der Waals surface area contributed by atoms with Gasteiger partial charge in [-0.15, -0.1) is 0 Å². The van der Waals surface area contributed by atoms with Crippen LogP contribution in [0.5, 0.6) is 0 Å². The van der Waals surface area contributed by atoms with Crippen LogP contribution < -0.4 is 0 Å². The molecule has 0 bridgehead atoms. The Labute approximate surface area is 95.8 Å². The Bertz CT molecular complexity index is 174. The number of hydrogen-bond acceptors (Lipinski definition) is 0. The molecule has 0 nitrogen and oxygen atoms in total. The summed E-state index contributed by atoms with van der Waals surface area (Å²) >= 11 is 0. The van der Waals surface area contributed by atoms with Crippen LogP contribution in [-0.4, -0.2) is 0 Å². The van der Waals surface area contributed by atoms with Crippen molar-refractivity contribution in [3.8, 4) is 0 Å². The summed E-state index contributed by atoms with van der Waals surface area (Å²) in [4.78, 5) is 0. The molecule has 0 unspecified atom stereocenters. The molecule has 0 aliphatic carbocycles. The van der Waals surface area contributed by atoms with Crippen LogP contribution in [0.2, 0.25) is 0 Å². The van der Waals surface area contributed by atoms with E-state index in [2.05, 4.69) is 31.2 Å². The minimum Gasteiger partial charge on any atom is -0.0885 e. The van der Waals surface area contributed by atoms with Gasteiger partial charge in [0.25, 0.3) is 0 Å². The minimum absolute atomic E-state index is 0.903. The molecule has 0 saturated carbocycles. The molecule has 15 heavy (non-hydrogen) atoms. The molecule has 0 fully saturated rings. The lowest BCUT2D eigenvalue weighted by atomic mass is 10.1. The second-order valence-electron chi connectivity index (χ2n) is 3.84. The van der Waals surface area contributed by atoms with Crippen molar-refractivity contribution in [1.29, 1.82) is 0 Å². The maximum absolute atomic E-state index is 5.27. The van der Waals surface area contributed by atoms with Gasteiger partial charge in [-0.05, 0) is 38.5 Å².